The molecule has 0 aromatic carbocycles. The van der Waals surface area contributed by atoms with Crippen LogP contribution in [0.4, 0.5) is 0 Å². The van der Waals surface area contributed by atoms with Gasteiger partial charge in [0.25, 0.3) is 0 Å². The lowest BCUT2D eigenvalue weighted by atomic mass is 10.3. The topological polar surface area (TPSA) is 61.0 Å². The maximum atomic E-state index is 5.91. The zero-order valence-electron chi connectivity index (χ0n) is 6.95. The molecule has 64 valence electrons. The number of aromatic nitrogens is 2. The van der Waals surface area contributed by atoms with Crippen molar-refractivity contribution in [2.75, 3.05) is 7.11 Å². The predicted molar refractivity (Wildman–Crippen MR) is 43.7 cm³/mol. The Labute approximate surface area is 70.8 Å². The number of nitrogens with two attached hydrogens (primary N) is 1. The van der Waals surface area contributed by atoms with Gasteiger partial charge < -0.3 is 10.5 Å². The number of rotatable bonds is 2. The molecule has 0 atom stereocenters. The summed E-state index contributed by atoms with van der Waals surface area (Å²) in [6, 6.07) is 1.72. The van der Waals surface area contributed by atoms with E-state index in [2.05, 4.69) is 9.97 Å². The third kappa shape index (κ3) is 1.14. The van der Waals surface area contributed by atoms with Crippen LogP contribution in [0.3, 0.4) is 0 Å². The van der Waals surface area contributed by atoms with Crippen molar-refractivity contribution in [3.63, 3.8) is 0 Å². The van der Waals surface area contributed by atoms with Crippen molar-refractivity contribution in [1.29, 1.82) is 0 Å². The smallest absolute Gasteiger partial charge is 0.216 e. The first-order valence-corrected chi connectivity index (χ1v) is 3.91. The lowest BCUT2D eigenvalue weighted by Crippen LogP contribution is -2.22. The molecule has 4 nitrogen and oxygen atoms in total. The Morgan fingerprint density at radius 1 is 1.58 bits per heavy atom. The number of methoxy groups -OCH3 is 1. The van der Waals surface area contributed by atoms with E-state index < -0.39 is 0 Å². The quantitative estimate of drug-likeness (QED) is 0.690. The van der Waals surface area contributed by atoms with Crippen molar-refractivity contribution in [1.82, 2.24) is 9.97 Å². The molecule has 12 heavy (non-hydrogen) atoms. The van der Waals surface area contributed by atoms with Gasteiger partial charge in [-0.05, 0) is 12.8 Å². The Morgan fingerprint density at radius 3 is 2.92 bits per heavy atom. The van der Waals surface area contributed by atoms with Crippen LogP contribution in [-0.2, 0) is 5.54 Å². The van der Waals surface area contributed by atoms with Gasteiger partial charge in [-0.1, -0.05) is 0 Å². The molecule has 2 rings (SSSR count). The second kappa shape index (κ2) is 2.42. The highest BCUT2D eigenvalue weighted by atomic mass is 16.5. The van der Waals surface area contributed by atoms with Crippen molar-refractivity contribution in [2.24, 2.45) is 5.73 Å². The Hall–Kier alpha value is -1.16. The first-order chi connectivity index (χ1) is 5.74. The van der Waals surface area contributed by atoms with Crippen LogP contribution in [0.25, 0.3) is 0 Å². The fourth-order valence-electron chi connectivity index (χ4n) is 1.05. The van der Waals surface area contributed by atoms with E-state index >= 15 is 0 Å². The molecule has 0 spiro atoms. The standard InChI is InChI=1S/C8H11N3O/c1-12-6-2-5-10-7(11-6)8(9)3-4-8/h2,5H,3-4,9H2,1H3. The van der Waals surface area contributed by atoms with Gasteiger partial charge >= 0.3 is 0 Å². The monoisotopic (exact) mass is 165 g/mol. The van der Waals surface area contributed by atoms with Gasteiger partial charge in [0.2, 0.25) is 5.88 Å². The van der Waals surface area contributed by atoms with Gasteiger partial charge in [0.1, 0.15) is 0 Å². The second-order valence-electron chi connectivity index (χ2n) is 3.08. The first kappa shape index (κ1) is 7.49. The second-order valence-corrected chi connectivity index (χ2v) is 3.08. The van der Waals surface area contributed by atoms with Crippen molar-refractivity contribution >= 4 is 0 Å². The molecule has 0 aliphatic heterocycles. The molecule has 0 unspecified atom stereocenters. The molecule has 1 heterocycles. The molecule has 0 saturated heterocycles. The summed E-state index contributed by atoms with van der Waals surface area (Å²) < 4.78 is 4.97. The summed E-state index contributed by atoms with van der Waals surface area (Å²) in [4.78, 5) is 8.27. The first-order valence-electron chi connectivity index (χ1n) is 3.91. The van der Waals surface area contributed by atoms with Gasteiger partial charge in [-0.15, -0.1) is 0 Å². The highest BCUT2D eigenvalue weighted by Crippen LogP contribution is 2.40. The molecule has 1 aromatic heterocycles. The van der Waals surface area contributed by atoms with Gasteiger partial charge in [0.05, 0.1) is 12.6 Å². The normalized spacial score (nSPS) is 18.8. The van der Waals surface area contributed by atoms with Crippen LogP contribution < -0.4 is 10.5 Å². The highest BCUT2D eigenvalue weighted by molar-refractivity contribution is 5.18. The molecule has 1 fully saturated rings. The maximum absolute atomic E-state index is 5.91. The molecular weight excluding hydrogens is 154 g/mol. The fourth-order valence-corrected chi connectivity index (χ4v) is 1.05. The Bertz CT molecular complexity index is 296. The minimum absolute atomic E-state index is 0.269. The van der Waals surface area contributed by atoms with E-state index in [4.69, 9.17) is 10.5 Å². The van der Waals surface area contributed by atoms with Crippen molar-refractivity contribution in [2.45, 2.75) is 18.4 Å². The summed E-state index contributed by atoms with van der Waals surface area (Å²) in [5, 5.41) is 0. The molecule has 1 aliphatic rings. The van der Waals surface area contributed by atoms with Gasteiger partial charge in [-0.3, -0.25) is 0 Å². The predicted octanol–water partition coefficient (Wildman–Crippen LogP) is 0.433. The summed E-state index contributed by atoms with van der Waals surface area (Å²) in [6.07, 6.45) is 3.62. The zero-order chi connectivity index (χ0) is 8.60. The largest absolute Gasteiger partial charge is 0.481 e. The minimum Gasteiger partial charge on any atom is -0.481 e. The molecule has 0 bridgehead atoms. The van der Waals surface area contributed by atoms with Crippen LogP contribution in [0.2, 0.25) is 0 Å². The lowest BCUT2D eigenvalue weighted by Gasteiger charge is -2.06. The zero-order valence-corrected chi connectivity index (χ0v) is 6.95. The summed E-state index contributed by atoms with van der Waals surface area (Å²) in [6.45, 7) is 0. The molecule has 1 aromatic rings. The molecule has 0 amide bonds. The van der Waals surface area contributed by atoms with E-state index in [0.717, 1.165) is 12.8 Å². The van der Waals surface area contributed by atoms with Gasteiger partial charge in [0.15, 0.2) is 5.82 Å². The summed E-state index contributed by atoms with van der Waals surface area (Å²) >= 11 is 0. The third-order valence-corrected chi connectivity index (χ3v) is 2.07. The minimum atomic E-state index is -0.269. The molecular formula is C8H11N3O. The summed E-state index contributed by atoms with van der Waals surface area (Å²) in [5.41, 5.74) is 5.64. The van der Waals surface area contributed by atoms with Crippen LogP contribution in [0.1, 0.15) is 18.7 Å². The van der Waals surface area contributed by atoms with Crippen molar-refractivity contribution < 1.29 is 4.74 Å². The third-order valence-electron chi connectivity index (χ3n) is 2.07. The van der Waals surface area contributed by atoms with E-state index in [-0.39, 0.29) is 5.54 Å². The van der Waals surface area contributed by atoms with Crippen LogP contribution in [-0.4, -0.2) is 17.1 Å². The van der Waals surface area contributed by atoms with Gasteiger partial charge in [0, 0.05) is 12.3 Å². The van der Waals surface area contributed by atoms with E-state index in [1.165, 1.54) is 0 Å². The van der Waals surface area contributed by atoms with E-state index in [0.29, 0.717) is 11.7 Å². The Morgan fingerprint density at radius 2 is 2.33 bits per heavy atom. The van der Waals surface area contributed by atoms with E-state index in [9.17, 15) is 0 Å². The Balaban J connectivity index is 2.32. The molecule has 1 saturated carbocycles. The van der Waals surface area contributed by atoms with Crippen molar-refractivity contribution in [3.05, 3.63) is 18.1 Å². The van der Waals surface area contributed by atoms with E-state index in [1.807, 2.05) is 0 Å². The molecule has 0 radical (unpaired) electrons. The average molecular weight is 165 g/mol. The molecule has 1 aliphatic carbocycles. The molecule has 2 N–H and O–H groups in total. The van der Waals surface area contributed by atoms with Crippen LogP contribution in [0, 0.1) is 0 Å². The SMILES string of the molecule is COc1ccnc(C2(N)CC2)n1. The van der Waals surface area contributed by atoms with Crippen LogP contribution in [0.15, 0.2) is 12.3 Å². The lowest BCUT2D eigenvalue weighted by molar-refractivity contribution is 0.392. The van der Waals surface area contributed by atoms with E-state index in [1.54, 1.807) is 19.4 Å². The summed E-state index contributed by atoms with van der Waals surface area (Å²) in [5.74, 6) is 1.28. The number of hydrogen-bond acceptors (Lipinski definition) is 4. The highest BCUT2D eigenvalue weighted by Gasteiger charge is 2.43. The number of nitrogens with zero attached hydrogens (tertiary/aromatic N) is 2. The Kier molecular flexibility index (Phi) is 1.51. The fraction of sp³-hybridized carbons (Fsp3) is 0.500. The average Bonchev–Trinajstić information content (AvgIpc) is 2.85. The van der Waals surface area contributed by atoms with Gasteiger partial charge in [-0.2, -0.15) is 4.98 Å². The van der Waals surface area contributed by atoms with Crippen LogP contribution in [0.5, 0.6) is 5.88 Å². The number of ether oxygens (including phenoxy) is 1. The molecule has 4 heteroatoms. The number of hydrogen-bond donors (Lipinski definition) is 1. The van der Waals surface area contributed by atoms with Crippen LogP contribution >= 0.6 is 0 Å². The van der Waals surface area contributed by atoms with Crippen molar-refractivity contribution in [3.8, 4) is 5.88 Å². The van der Waals surface area contributed by atoms with Gasteiger partial charge in [-0.25, -0.2) is 4.98 Å². The maximum Gasteiger partial charge on any atom is 0.216 e. The summed E-state index contributed by atoms with van der Waals surface area (Å²) in [7, 11) is 1.59.